The predicted octanol–water partition coefficient (Wildman–Crippen LogP) is 3.39. The summed E-state index contributed by atoms with van der Waals surface area (Å²) in [5.74, 6) is 0.812. The lowest BCUT2D eigenvalue weighted by molar-refractivity contribution is 0.0936. The molecule has 134 valence electrons. The summed E-state index contributed by atoms with van der Waals surface area (Å²) >= 11 is 0. The maximum Gasteiger partial charge on any atom is 0.272 e. The first kappa shape index (κ1) is 17.5. The molecule has 25 heavy (non-hydrogen) atoms. The molecule has 0 saturated carbocycles. The number of hydrogen-bond donors (Lipinski definition) is 1. The lowest BCUT2D eigenvalue weighted by atomic mass is 9.90. The number of ether oxygens (including phenoxy) is 1. The molecule has 0 spiro atoms. The molecule has 0 fully saturated rings. The highest BCUT2D eigenvalue weighted by Crippen LogP contribution is 2.43. The molecule has 1 aliphatic heterocycles. The molecule has 1 aliphatic rings. The van der Waals surface area contributed by atoms with Crippen LogP contribution in [0.4, 0.5) is 0 Å². The van der Waals surface area contributed by atoms with Crippen molar-refractivity contribution in [2.45, 2.75) is 54.0 Å². The van der Waals surface area contributed by atoms with Gasteiger partial charge in [-0.2, -0.15) is 5.10 Å². The molecule has 0 atom stereocenters. The Balaban J connectivity index is 2.28. The van der Waals surface area contributed by atoms with Crippen LogP contribution in [-0.4, -0.2) is 28.3 Å². The topological polar surface area (TPSA) is 56.1 Å². The zero-order chi connectivity index (χ0) is 18.5. The minimum atomic E-state index is -0.117. The van der Waals surface area contributed by atoms with Gasteiger partial charge >= 0.3 is 0 Å². The van der Waals surface area contributed by atoms with E-state index in [4.69, 9.17) is 4.74 Å². The van der Waals surface area contributed by atoms with Gasteiger partial charge < -0.3 is 10.1 Å². The molecule has 1 amide bonds. The molecule has 5 heteroatoms. The quantitative estimate of drug-likeness (QED) is 0.911. The lowest BCUT2D eigenvalue weighted by Gasteiger charge is -2.19. The first-order valence-corrected chi connectivity index (χ1v) is 8.84. The third-order valence-corrected chi connectivity index (χ3v) is 5.25. The first-order valence-electron chi connectivity index (χ1n) is 8.84. The van der Waals surface area contributed by atoms with E-state index in [1.54, 1.807) is 0 Å². The van der Waals surface area contributed by atoms with E-state index in [2.05, 4.69) is 38.1 Å². The monoisotopic (exact) mass is 341 g/mol. The Hall–Kier alpha value is -2.30. The van der Waals surface area contributed by atoms with Gasteiger partial charge in [-0.05, 0) is 63.8 Å². The van der Waals surface area contributed by atoms with Gasteiger partial charge in [-0.25, -0.2) is 0 Å². The van der Waals surface area contributed by atoms with E-state index in [0.717, 1.165) is 22.6 Å². The molecular formula is C20H27N3O2. The van der Waals surface area contributed by atoms with Crippen LogP contribution in [0.3, 0.4) is 0 Å². The second-order valence-electron chi connectivity index (χ2n) is 7.23. The van der Waals surface area contributed by atoms with Crippen LogP contribution in [0.15, 0.2) is 0 Å². The molecule has 0 radical (unpaired) electrons. The number of nitrogens with zero attached hydrogens (tertiary/aromatic N) is 2. The van der Waals surface area contributed by atoms with Gasteiger partial charge in [0, 0.05) is 30.6 Å². The van der Waals surface area contributed by atoms with E-state index >= 15 is 0 Å². The third kappa shape index (κ3) is 2.71. The van der Waals surface area contributed by atoms with E-state index < -0.39 is 0 Å². The number of nitrogens with one attached hydrogen (secondary N) is 1. The van der Waals surface area contributed by atoms with Crippen molar-refractivity contribution in [1.82, 2.24) is 15.1 Å². The number of fused-ring (bicyclic) bond motifs is 3. The number of amides is 1. The van der Waals surface area contributed by atoms with E-state index in [1.807, 2.05) is 25.6 Å². The summed E-state index contributed by atoms with van der Waals surface area (Å²) in [5.41, 5.74) is 8.46. The van der Waals surface area contributed by atoms with Crippen molar-refractivity contribution < 1.29 is 9.53 Å². The van der Waals surface area contributed by atoms with Crippen molar-refractivity contribution in [1.29, 1.82) is 0 Å². The highest BCUT2D eigenvalue weighted by atomic mass is 16.5. The number of hydrogen-bond acceptors (Lipinski definition) is 3. The van der Waals surface area contributed by atoms with E-state index in [1.165, 1.54) is 22.3 Å². The average molecular weight is 341 g/mol. The Morgan fingerprint density at radius 1 is 1.12 bits per heavy atom. The van der Waals surface area contributed by atoms with Crippen LogP contribution in [0, 0.1) is 27.7 Å². The van der Waals surface area contributed by atoms with Gasteiger partial charge in [0.25, 0.3) is 5.91 Å². The predicted molar refractivity (Wildman–Crippen MR) is 99.4 cm³/mol. The van der Waals surface area contributed by atoms with E-state index in [9.17, 15) is 4.79 Å². The number of aryl methyl sites for hydroxylation is 1. The average Bonchev–Trinajstić information content (AvgIpc) is 2.75. The van der Waals surface area contributed by atoms with Gasteiger partial charge in [0.2, 0.25) is 0 Å². The smallest absolute Gasteiger partial charge is 0.272 e. The molecule has 5 nitrogen and oxygen atoms in total. The fourth-order valence-corrected chi connectivity index (χ4v) is 3.63. The highest BCUT2D eigenvalue weighted by molar-refractivity contribution is 5.96. The van der Waals surface area contributed by atoms with Crippen LogP contribution in [0.25, 0.3) is 11.3 Å². The van der Waals surface area contributed by atoms with Crippen molar-refractivity contribution >= 4 is 5.91 Å². The Morgan fingerprint density at radius 2 is 1.76 bits per heavy atom. The molecular weight excluding hydrogens is 314 g/mol. The molecule has 3 rings (SSSR count). The Labute approximate surface area is 149 Å². The van der Waals surface area contributed by atoms with Crippen molar-refractivity contribution in [2.75, 3.05) is 6.61 Å². The first-order chi connectivity index (χ1) is 11.7. The molecule has 0 bridgehead atoms. The Kier molecular flexibility index (Phi) is 4.35. The molecule has 1 aromatic heterocycles. The molecule has 1 N–H and O–H groups in total. The second kappa shape index (κ2) is 6.21. The van der Waals surface area contributed by atoms with Crippen molar-refractivity contribution in [3.63, 3.8) is 0 Å². The number of benzene rings is 1. The maximum absolute atomic E-state index is 12.6. The number of rotatable bonds is 2. The Morgan fingerprint density at radius 3 is 2.40 bits per heavy atom. The molecule has 2 heterocycles. The fraction of sp³-hybridized carbons (Fsp3) is 0.500. The summed E-state index contributed by atoms with van der Waals surface area (Å²) in [6, 6.07) is 0.0772. The summed E-state index contributed by atoms with van der Waals surface area (Å²) in [7, 11) is 1.91. The molecule has 1 aromatic carbocycles. The van der Waals surface area contributed by atoms with Gasteiger partial charge in [0.05, 0.1) is 12.3 Å². The maximum atomic E-state index is 12.6. The zero-order valence-electron chi connectivity index (χ0n) is 16.2. The summed E-state index contributed by atoms with van der Waals surface area (Å²) in [4.78, 5) is 12.6. The molecule has 0 unspecified atom stereocenters. The van der Waals surface area contributed by atoms with Crippen LogP contribution >= 0.6 is 0 Å². The molecule has 2 aromatic rings. The van der Waals surface area contributed by atoms with Gasteiger partial charge in [0.1, 0.15) is 5.75 Å². The number of carbonyl (C=O) groups excluding carboxylic acids is 1. The van der Waals surface area contributed by atoms with Crippen LogP contribution < -0.4 is 10.1 Å². The largest absolute Gasteiger partial charge is 0.492 e. The van der Waals surface area contributed by atoms with Gasteiger partial charge in [0.15, 0.2) is 5.69 Å². The highest BCUT2D eigenvalue weighted by Gasteiger charge is 2.30. The zero-order valence-corrected chi connectivity index (χ0v) is 16.2. The SMILES string of the molecule is Cc1c(C)c(C)c2c(c1C)OCCc1c(C(=O)NC(C)C)nn(C)c1-2. The van der Waals surface area contributed by atoms with Crippen LogP contribution in [0.5, 0.6) is 5.75 Å². The van der Waals surface area contributed by atoms with Crippen molar-refractivity contribution in [3.8, 4) is 17.0 Å². The summed E-state index contributed by atoms with van der Waals surface area (Å²) < 4.78 is 7.97. The minimum Gasteiger partial charge on any atom is -0.492 e. The van der Waals surface area contributed by atoms with Crippen LogP contribution in [0.2, 0.25) is 0 Å². The van der Waals surface area contributed by atoms with E-state index in [0.29, 0.717) is 18.7 Å². The Bertz CT molecular complexity index is 863. The standard InChI is InChI=1S/C20H27N3O2/c1-10(2)21-20(24)17-15-8-9-25-19-14(6)12(4)11(3)13(5)16(19)18(15)23(7)22-17/h10H,8-9H2,1-7H3,(H,21,24). The second-order valence-corrected chi connectivity index (χ2v) is 7.23. The lowest BCUT2D eigenvalue weighted by Crippen LogP contribution is -2.31. The van der Waals surface area contributed by atoms with Crippen molar-refractivity contribution in [3.05, 3.63) is 33.5 Å². The van der Waals surface area contributed by atoms with Gasteiger partial charge in [-0.15, -0.1) is 0 Å². The van der Waals surface area contributed by atoms with Crippen LogP contribution in [-0.2, 0) is 13.5 Å². The number of carbonyl (C=O) groups is 1. The van der Waals surface area contributed by atoms with E-state index in [-0.39, 0.29) is 11.9 Å². The normalized spacial score (nSPS) is 13.1. The van der Waals surface area contributed by atoms with Crippen molar-refractivity contribution in [2.24, 2.45) is 7.05 Å². The third-order valence-electron chi connectivity index (χ3n) is 5.25. The minimum absolute atomic E-state index is 0.0772. The van der Waals surface area contributed by atoms with Crippen LogP contribution in [0.1, 0.15) is 52.2 Å². The number of aromatic nitrogens is 2. The summed E-state index contributed by atoms with van der Waals surface area (Å²) in [5, 5.41) is 7.52. The fourth-order valence-electron chi connectivity index (χ4n) is 3.63. The van der Waals surface area contributed by atoms with Gasteiger partial charge in [-0.1, -0.05) is 0 Å². The molecule has 0 aliphatic carbocycles. The summed E-state index contributed by atoms with van der Waals surface area (Å²) in [6.45, 7) is 13.0. The molecule has 0 saturated heterocycles. The summed E-state index contributed by atoms with van der Waals surface area (Å²) in [6.07, 6.45) is 0.676. The van der Waals surface area contributed by atoms with Gasteiger partial charge in [-0.3, -0.25) is 9.48 Å².